The minimum atomic E-state index is -4.02. The highest BCUT2D eigenvalue weighted by Gasteiger charge is 2.23. The van der Waals surface area contributed by atoms with E-state index in [9.17, 15) is 26.8 Å². The van der Waals surface area contributed by atoms with Gasteiger partial charge >= 0.3 is 5.97 Å². The maximum absolute atomic E-state index is 13.2. The van der Waals surface area contributed by atoms with Crippen LogP contribution < -0.4 is 9.62 Å². The molecule has 0 unspecified atom stereocenters. The van der Waals surface area contributed by atoms with Crippen molar-refractivity contribution < 1.29 is 31.5 Å². The van der Waals surface area contributed by atoms with Crippen molar-refractivity contribution in [2.45, 2.75) is 4.90 Å². The first-order valence-corrected chi connectivity index (χ1v) is 11.2. The zero-order valence-electron chi connectivity index (χ0n) is 17.1. The van der Waals surface area contributed by atoms with Gasteiger partial charge in [0.05, 0.1) is 16.1 Å². The fourth-order valence-corrected chi connectivity index (χ4v) is 4.16. The van der Waals surface area contributed by atoms with Crippen LogP contribution in [0.2, 0.25) is 5.02 Å². The molecule has 0 aliphatic rings. The van der Waals surface area contributed by atoms with E-state index in [2.05, 4.69) is 5.32 Å². The number of amides is 1. The van der Waals surface area contributed by atoms with Crippen LogP contribution in [0.1, 0.15) is 10.4 Å². The predicted octanol–water partition coefficient (Wildman–Crippen LogP) is 4.24. The maximum atomic E-state index is 13.2. The lowest BCUT2D eigenvalue weighted by Crippen LogP contribution is -2.27. The topological polar surface area (TPSA) is 92.8 Å². The first-order valence-electron chi connectivity index (χ1n) is 9.34. The Labute approximate surface area is 193 Å². The summed E-state index contributed by atoms with van der Waals surface area (Å²) < 4.78 is 58.0. The Morgan fingerprint density at radius 1 is 1.00 bits per heavy atom. The molecular formula is C22H17ClF2N2O5S. The van der Waals surface area contributed by atoms with Crippen molar-refractivity contribution in [3.05, 3.63) is 89.0 Å². The Bertz CT molecular complexity index is 1320. The molecule has 0 radical (unpaired) electrons. The molecule has 0 saturated heterocycles. The van der Waals surface area contributed by atoms with E-state index in [4.69, 9.17) is 16.3 Å². The number of hydrogen-bond donors (Lipinski definition) is 1. The summed E-state index contributed by atoms with van der Waals surface area (Å²) in [6.45, 7) is -0.725. The Morgan fingerprint density at radius 2 is 1.73 bits per heavy atom. The second kappa shape index (κ2) is 9.97. The third-order valence-corrected chi connectivity index (χ3v) is 6.45. The van der Waals surface area contributed by atoms with E-state index in [1.165, 1.54) is 31.3 Å². The van der Waals surface area contributed by atoms with Crippen molar-refractivity contribution >= 4 is 44.9 Å². The first-order chi connectivity index (χ1) is 15.6. The lowest BCUT2D eigenvalue weighted by atomic mass is 10.2. The maximum Gasteiger partial charge on any atom is 0.338 e. The summed E-state index contributed by atoms with van der Waals surface area (Å²) in [5, 5.41) is 2.61. The number of rotatable bonds is 7. The van der Waals surface area contributed by atoms with E-state index in [1.54, 1.807) is 18.2 Å². The smallest absolute Gasteiger partial charge is 0.338 e. The Kier molecular flexibility index (Phi) is 7.29. The van der Waals surface area contributed by atoms with Gasteiger partial charge in [-0.15, -0.1) is 0 Å². The molecule has 0 fully saturated rings. The summed E-state index contributed by atoms with van der Waals surface area (Å²) in [5.41, 5.74) is 0.202. The molecule has 0 aromatic heterocycles. The number of sulfonamides is 1. The molecule has 3 aromatic rings. The van der Waals surface area contributed by atoms with Crippen LogP contribution in [0, 0.1) is 11.6 Å². The van der Waals surface area contributed by atoms with Crippen LogP contribution in [0.15, 0.2) is 71.6 Å². The fourth-order valence-electron chi connectivity index (χ4n) is 2.74. The predicted molar refractivity (Wildman–Crippen MR) is 119 cm³/mol. The molecule has 0 aliphatic heterocycles. The van der Waals surface area contributed by atoms with Gasteiger partial charge in [0.25, 0.3) is 15.9 Å². The summed E-state index contributed by atoms with van der Waals surface area (Å²) in [5.74, 6) is -3.96. The summed E-state index contributed by atoms with van der Waals surface area (Å²) in [6.07, 6.45) is 0. The van der Waals surface area contributed by atoms with Gasteiger partial charge in [-0.05, 0) is 48.5 Å². The average molecular weight is 495 g/mol. The van der Waals surface area contributed by atoms with Crippen LogP contribution in [0.3, 0.4) is 0 Å². The van der Waals surface area contributed by atoms with E-state index in [1.807, 2.05) is 0 Å². The summed E-state index contributed by atoms with van der Waals surface area (Å²) in [6, 6.07) is 14.1. The molecule has 1 N–H and O–H groups in total. The van der Waals surface area contributed by atoms with Crippen molar-refractivity contribution in [3.8, 4) is 0 Å². The molecule has 0 spiro atoms. The highest BCUT2D eigenvalue weighted by atomic mass is 35.5. The Hall–Kier alpha value is -3.50. The largest absolute Gasteiger partial charge is 0.452 e. The number of hydrogen-bond acceptors (Lipinski definition) is 5. The molecule has 11 heteroatoms. The number of halogens is 3. The van der Waals surface area contributed by atoms with Crippen molar-refractivity contribution in [3.63, 3.8) is 0 Å². The van der Waals surface area contributed by atoms with Gasteiger partial charge in [0.15, 0.2) is 18.2 Å². The standard InChI is InChI=1S/C22H17ClF2N2O5S/c1-27(17-6-3-5-15(23)11-17)33(30,31)18-7-2-4-14(10-18)22(29)32-13-21(28)26-16-8-9-19(24)20(25)12-16/h2-12H,13H2,1H3,(H,26,28). The van der Waals surface area contributed by atoms with Gasteiger partial charge in [0.1, 0.15) is 0 Å². The monoisotopic (exact) mass is 494 g/mol. The molecule has 0 saturated carbocycles. The number of nitrogens with zero attached hydrogens (tertiary/aromatic N) is 1. The van der Waals surface area contributed by atoms with Gasteiger partial charge in [-0.25, -0.2) is 22.0 Å². The van der Waals surface area contributed by atoms with Crippen LogP contribution in [0.25, 0.3) is 0 Å². The van der Waals surface area contributed by atoms with Gasteiger partial charge < -0.3 is 10.1 Å². The summed E-state index contributed by atoms with van der Waals surface area (Å²) in [4.78, 5) is 24.1. The van der Waals surface area contributed by atoms with E-state index in [0.29, 0.717) is 10.7 Å². The van der Waals surface area contributed by atoms with Crippen molar-refractivity contribution in [2.24, 2.45) is 0 Å². The number of nitrogens with one attached hydrogen (secondary N) is 1. The van der Waals surface area contributed by atoms with Gasteiger partial charge in [-0.2, -0.15) is 0 Å². The van der Waals surface area contributed by atoms with Gasteiger partial charge in [0.2, 0.25) is 0 Å². The number of carbonyl (C=O) groups excluding carboxylic acids is 2. The molecule has 0 atom stereocenters. The SMILES string of the molecule is CN(c1cccc(Cl)c1)S(=O)(=O)c1cccc(C(=O)OCC(=O)Nc2ccc(F)c(F)c2)c1. The number of ether oxygens (including phenoxy) is 1. The zero-order chi connectivity index (χ0) is 24.2. The first kappa shape index (κ1) is 24.1. The van der Waals surface area contributed by atoms with Crippen molar-refractivity contribution in [1.82, 2.24) is 0 Å². The van der Waals surface area contributed by atoms with E-state index >= 15 is 0 Å². The lowest BCUT2D eigenvalue weighted by molar-refractivity contribution is -0.119. The third-order valence-electron chi connectivity index (χ3n) is 4.44. The minimum Gasteiger partial charge on any atom is -0.452 e. The summed E-state index contributed by atoms with van der Waals surface area (Å²) >= 11 is 5.93. The third kappa shape index (κ3) is 5.85. The molecule has 33 heavy (non-hydrogen) atoms. The molecule has 1 amide bonds. The molecule has 172 valence electrons. The number of anilines is 2. The molecule has 3 rings (SSSR count). The Morgan fingerprint density at radius 3 is 2.42 bits per heavy atom. The molecule has 7 nitrogen and oxygen atoms in total. The second-order valence-corrected chi connectivity index (χ2v) is 9.14. The summed E-state index contributed by atoms with van der Waals surface area (Å²) in [7, 11) is -2.68. The zero-order valence-corrected chi connectivity index (χ0v) is 18.7. The minimum absolute atomic E-state index is 0.0212. The molecule has 3 aromatic carbocycles. The van der Waals surface area contributed by atoms with E-state index < -0.39 is 40.1 Å². The molecule has 0 bridgehead atoms. The number of carbonyl (C=O) groups is 2. The van der Waals surface area contributed by atoms with Gasteiger partial charge in [-0.1, -0.05) is 23.7 Å². The lowest BCUT2D eigenvalue weighted by Gasteiger charge is -2.20. The van der Waals surface area contributed by atoms with Crippen molar-refractivity contribution in [1.29, 1.82) is 0 Å². The molecular weight excluding hydrogens is 478 g/mol. The van der Waals surface area contributed by atoms with Gasteiger partial charge in [-0.3, -0.25) is 9.10 Å². The number of benzene rings is 3. The van der Waals surface area contributed by atoms with Crippen LogP contribution >= 0.6 is 11.6 Å². The average Bonchev–Trinajstić information content (AvgIpc) is 2.79. The Balaban J connectivity index is 1.68. The van der Waals surface area contributed by atoms with Crippen LogP contribution in [-0.4, -0.2) is 33.9 Å². The van der Waals surface area contributed by atoms with E-state index in [-0.39, 0.29) is 16.1 Å². The fraction of sp³-hybridized carbons (Fsp3) is 0.0909. The van der Waals surface area contributed by atoms with Crippen LogP contribution in [-0.2, 0) is 19.6 Å². The quantitative estimate of drug-likeness (QED) is 0.496. The van der Waals surface area contributed by atoms with Gasteiger partial charge in [0, 0.05) is 23.8 Å². The molecule has 0 aliphatic carbocycles. The molecule has 0 heterocycles. The van der Waals surface area contributed by atoms with Crippen LogP contribution in [0.4, 0.5) is 20.2 Å². The highest BCUT2D eigenvalue weighted by molar-refractivity contribution is 7.92. The van der Waals surface area contributed by atoms with E-state index in [0.717, 1.165) is 28.6 Å². The highest BCUT2D eigenvalue weighted by Crippen LogP contribution is 2.25. The second-order valence-electron chi connectivity index (χ2n) is 6.73. The van der Waals surface area contributed by atoms with Crippen LogP contribution in [0.5, 0.6) is 0 Å². The number of esters is 1. The normalized spacial score (nSPS) is 11.0. The van der Waals surface area contributed by atoms with Crippen molar-refractivity contribution in [2.75, 3.05) is 23.3 Å².